The van der Waals surface area contributed by atoms with Crippen molar-refractivity contribution in [2.75, 3.05) is 16.8 Å². The van der Waals surface area contributed by atoms with Crippen LogP contribution in [0, 0.1) is 5.92 Å². The Balaban J connectivity index is -0.000000215. The van der Waals surface area contributed by atoms with Crippen LogP contribution in [0.15, 0.2) is 18.5 Å². The van der Waals surface area contributed by atoms with Gasteiger partial charge in [0, 0.05) is 39.6 Å². The molecule has 42 heavy (non-hydrogen) atoms. The van der Waals surface area contributed by atoms with Gasteiger partial charge in [0.25, 0.3) is 0 Å². The number of aromatic nitrogens is 3. The molecule has 244 valence electrons. The number of halogens is 5. The molecule has 0 amide bonds. The van der Waals surface area contributed by atoms with Crippen molar-refractivity contribution in [3.63, 3.8) is 0 Å². The minimum atomic E-state index is 0. The summed E-state index contributed by atoms with van der Waals surface area (Å²) in [6.07, 6.45) is 0. The van der Waals surface area contributed by atoms with Gasteiger partial charge in [-0.25, -0.2) is 15.0 Å². The summed E-state index contributed by atoms with van der Waals surface area (Å²) in [5.74, 6) is 1.92. The first-order valence-corrected chi connectivity index (χ1v) is 21.3. The molecule has 0 saturated heterocycles. The number of thiazole rings is 3. The fraction of sp³-hybridized carbons (Fsp3) is 0.560. The zero-order chi connectivity index (χ0) is 32.9. The van der Waals surface area contributed by atoms with E-state index in [9.17, 15) is 4.79 Å². The van der Waals surface area contributed by atoms with Gasteiger partial charge in [0.2, 0.25) is 0 Å². The van der Waals surface area contributed by atoms with Crippen LogP contribution in [0.5, 0.6) is 0 Å². The molecule has 0 aromatic carbocycles. The molecule has 0 aliphatic heterocycles. The number of hydrogen-bond acceptors (Lipinski definition) is 10. The lowest BCUT2D eigenvalue weighted by atomic mass is 10.1. The van der Waals surface area contributed by atoms with Gasteiger partial charge in [-0.2, -0.15) is 0 Å². The van der Waals surface area contributed by atoms with E-state index in [1.165, 1.54) is 28.4 Å². The Morgan fingerprint density at radius 3 is 1.48 bits per heavy atom. The Kier molecular flexibility index (Phi) is 33.6. The largest absolute Gasteiger partial charge is 0.377 e. The van der Waals surface area contributed by atoms with Gasteiger partial charge in [-0.15, -0.1) is 22.7 Å². The zero-order valence-corrected chi connectivity index (χ0v) is 35.4. The van der Waals surface area contributed by atoms with Gasteiger partial charge in [-0.05, 0) is 61.8 Å². The summed E-state index contributed by atoms with van der Waals surface area (Å²) in [4.78, 5) is 22.9. The molecule has 0 saturated carbocycles. The Labute approximate surface area is 310 Å². The first kappa shape index (κ1) is 49.1. The molecule has 0 radical (unpaired) electrons. The molecule has 0 atom stereocenters. The summed E-state index contributed by atoms with van der Waals surface area (Å²) in [5, 5.41) is 3.79. The van der Waals surface area contributed by atoms with Gasteiger partial charge in [0.15, 0.2) is 15.4 Å². The van der Waals surface area contributed by atoms with Crippen LogP contribution in [0.2, 0.25) is 0 Å². The molecule has 3 rings (SSSR count). The SMILES string of the molecule is BrBr.C.CC(C)C(=O)CBr.CC(C)c1csc(N)n1.CC(C)c1nc(N)sc1Br.CC(C)c1ncsc1Br.NC(N)=S. The van der Waals surface area contributed by atoms with Crippen LogP contribution < -0.4 is 22.9 Å². The van der Waals surface area contributed by atoms with Crippen LogP contribution in [0.3, 0.4) is 0 Å². The van der Waals surface area contributed by atoms with Gasteiger partial charge >= 0.3 is 0 Å². The molecule has 3 heterocycles. The Morgan fingerprint density at radius 1 is 0.857 bits per heavy atom. The second-order valence-electron chi connectivity index (χ2n) is 8.95. The van der Waals surface area contributed by atoms with Crippen molar-refractivity contribution in [1.82, 2.24) is 15.0 Å². The number of nitrogens with zero attached hydrogens (tertiary/aromatic N) is 3. The Hall–Kier alpha value is 0.250. The zero-order valence-electron chi connectivity index (χ0n) is 24.3. The van der Waals surface area contributed by atoms with Crippen LogP contribution in [0.4, 0.5) is 10.3 Å². The van der Waals surface area contributed by atoms with Crippen LogP contribution in [0.25, 0.3) is 0 Å². The smallest absolute Gasteiger partial charge is 0.181 e. The summed E-state index contributed by atoms with van der Waals surface area (Å²) >= 11 is 24.1. The summed E-state index contributed by atoms with van der Waals surface area (Å²) in [6, 6.07) is 0. The summed E-state index contributed by atoms with van der Waals surface area (Å²) in [6.45, 7) is 16.5. The highest BCUT2D eigenvalue weighted by Gasteiger charge is 2.09. The van der Waals surface area contributed by atoms with E-state index in [1.807, 2.05) is 24.7 Å². The summed E-state index contributed by atoms with van der Waals surface area (Å²) < 4.78 is 2.22. The van der Waals surface area contributed by atoms with Crippen molar-refractivity contribution >= 4 is 143 Å². The number of ketones is 1. The molecule has 3 aromatic heterocycles. The Morgan fingerprint density at radius 2 is 1.33 bits per heavy atom. The van der Waals surface area contributed by atoms with Crippen molar-refractivity contribution in [2.45, 2.75) is 80.6 Å². The number of nitrogen functional groups attached to an aromatic ring is 2. The molecule has 0 spiro atoms. The standard InChI is InChI=1S/C6H9BrN2S.C6H8BrNS.C6H10N2S.C5H9BrO.CH4N2S.CH4.Br2/c1-3(2)4-5(7)10-6(8)9-4;1-4(2)5-6(7)9-3-8-5;1-4(2)5-3-9-6(7)8-5;1-4(2)5(7)3-6;2-1(3)4;;1-2/h3H,1-2H3,(H2,8,9);3-4H,1-2H3;3-4H,1-2H3,(H2,7,8);4H,3H2,1-2H3;(H4,2,3,4);1H4;. The van der Waals surface area contributed by atoms with Crippen LogP contribution in [-0.4, -0.2) is 31.2 Å². The van der Waals surface area contributed by atoms with E-state index < -0.39 is 0 Å². The highest BCUT2D eigenvalue weighted by molar-refractivity contribution is 9.93. The number of nitrogens with two attached hydrogens (primary N) is 4. The molecule has 0 unspecified atom stereocenters. The molecule has 8 N–H and O–H groups in total. The predicted molar refractivity (Wildman–Crippen MR) is 212 cm³/mol. The van der Waals surface area contributed by atoms with Crippen LogP contribution in [-0.2, 0) is 4.79 Å². The number of alkyl halides is 1. The molecule has 0 aliphatic carbocycles. The van der Waals surface area contributed by atoms with E-state index in [0.717, 1.165) is 19.0 Å². The second kappa shape index (κ2) is 28.7. The number of rotatable bonds is 5. The van der Waals surface area contributed by atoms with Crippen molar-refractivity contribution in [3.8, 4) is 0 Å². The van der Waals surface area contributed by atoms with Gasteiger partial charge in [-0.1, -0.05) is 90.1 Å². The minimum absolute atomic E-state index is 0. The maximum atomic E-state index is 10.5. The monoisotopic (exact) mass is 981 g/mol. The average molecular weight is 986 g/mol. The van der Waals surface area contributed by atoms with E-state index in [4.69, 9.17) is 11.5 Å². The number of Topliss-reactive ketones (excluding diaryl/α,β-unsaturated/α-hetero) is 1. The van der Waals surface area contributed by atoms with E-state index >= 15 is 0 Å². The normalized spacial score (nSPS) is 9.45. The quantitative estimate of drug-likeness (QED) is 0.144. The molecule has 3 aromatic rings. The fourth-order valence-corrected chi connectivity index (χ4v) is 6.63. The highest BCUT2D eigenvalue weighted by atomic mass is 80.9. The van der Waals surface area contributed by atoms with Gasteiger partial charge < -0.3 is 22.9 Å². The lowest BCUT2D eigenvalue weighted by Crippen LogP contribution is -2.18. The first-order chi connectivity index (χ1) is 18.9. The van der Waals surface area contributed by atoms with Crippen LogP contribution >= 0.6 is 122 Å². The van der Waals surface area contributed by atoms with Gasteiger partial charge in [-0.3, -0.25) is 4.79 Å². The van der Waals surface area contributed by atoms with E-state index in [0.29, 0.717) is 33.3 Å². The third kappa shape index (κ3) is 25.6. The van der Waals surface area contributed by atoms with Crippen molar-refractivity contribution < 1.29 is 4.79 Å². The van der Waals surface area contributed by atoms with Crippen molar-refractivity contribution in [1.29, 1.82) is 0 Å². The molecule has 0 aliphatic rings. The van der Waals surface area contributed by atoms with Crippen molar-refractivity contribution in [2.24, 2.45) is 17.4 Å². The lowest BCUT2D eigenvalue weighted by Gasteiger charge is -1.97. The van der Waals surface area contributed by atoms with Crippen molar-refractivity contribution in [3.05, 3.63) is 35.5 Å². The predicted octanol–water partition coefficient (Wildman–Crippen LogP) is 10.6. The molecule has 8 nitrogen and oxygen atoms in total. The number of carbonyl (C=O) groups excluding carboxylic acids is 1. The maximum Gasteiger partial charge on any atom is 0.181 e. The first-order valence-electron chi connectivity index (χ1n) is 11.9. The maximum absolute atomic E-state index is 10.5. The number of anilines is 2. The second-order valence-corrected chi connectivity index (χ2v) is 15.4. The van der Waals surface area contributed by atoms with Gasteiger partial charge in [0.1, 0.15) is 5.78 Å². The fourth-order valence-electron chi connectivity index (χ4n) is 2.02. The summed E-state index contributed by atoms with van der Waals surface area (Å²) in [7, 11) is 0. The molecule has 0 fully saturated rings. The average Bonchev–Trinajstić information content (AvgIpc) is 3.60. The minimum Gasteiger partial charge on any atom is -0.377 e. The van der Waals surface area contributed by atoms with Crippen LogP contribution in [0.1, 0.15) is 97.7 Å². The highest BCUT2D eigenvalue weighted by Crippen LogP contribution is 2.31. The lowest BCUT2D eigenvalue weighted by molar-refractivity contribution is -0.119. The van der Waals surface area contributed by atoms with E-state index in [-0.39, 0.29) is 24.2 Å². The molecular weight excluding hydrogens is 942 g/mol. The van der Waals surface area contributed by atoms with Gasteiger partial charge in [0.05, 0.1) is 35.5 Å². The number of carbonyl (C=O) groups is 1. The number of hydrogen-bond donors (Lipinski definition) is 4. The Bertz CT molecular complexity index is 1100. The molecular formula is C25H44Br5N7OS4. The third-order valence-electron chi connectivity index (χ3n) is 4.18. The van der Waals surface area contributed by atoms with E-state index in [1.54, 1.807) is 11.3 Å². The summed E-state index contributed by atoms with van der Waals surface area (Å²) in [5.41, 5.74) is 25.3. The molecule has 0 bridgehead atoms. The topological polar surface area (TPSA) is 160 Å². The number of thiocarbonyl (C=S) groups is 1. The third-order valence-corrected chi connectivity index (χ3v) is 8.60. The molecule has 17 heteroatoms. The van der Waals surface area contributed by atoms with E-state index in [2.05, 4.69) is 156 Å².